The van der Waals surface area contributed by atoms with Crippen molar-refractivity contribution in [3.8, 4) is 0 Å². The number of benzene rings is 1. The number of nitrogen functional groups attached to an aromatic ring is 1. The van der Waals surface area contributed by atoms with Crippen molar-refractivity contribution in [2.45, 2.75) is 13.3 Å². The molecule has 1 saturated carbocycles. The lowest BCUT2D eigenvalue weighted by Crippen LogP contribution is -2.20. The van der Waals surface area contributed by atoms with Crippen molar-refractivity contribution in [2.75, 3.05) is 24.2 Å². The highest BCUT2D eigenvalue weighted by Gasteiger charge is 2.33. The van der Waals surface area contributed by atoms with Gasteiger partial charge in [-0.15, -0.1) is 0 Å². The van der Waals surface area contributed by atoms with E-state index in [4.69, 9.17) is 5.73 Å². The van der Waals surface area contributed by atoms with E-state index in [1.165, 1.54) is 12.1 Å². The Bertz CT molecular complexity index is 322. The lowest BCUT2D eigenvalue weighted by Gasteiger charge is -2.19. The van der Waals surface area contributed by atoms with Crippen LogP contribution in [0.15, 0.2) is 24.3 Å². The monoisotopic (exact) mass is 190 g/mol. The van der Waals surface area contributed by atoms with Crippen molar-refractivity contribution in [3.63, 3.8) is 0 Å². The predicted molar refractivity (Wildman–Crippen MR) is 61.4 cm³/mol. The van der Waals surface area contributed by atoms with Crippen LogP contribution in [0.4, 0.5) is 11.4 Å². The molecule has 2 rings (SSSR count). The lowest BCUT2D eigenvalue weighted by molar-refractivity contribution is 0.725. The van der Waals surface area contributed by atoms with Gasteiger partial charge in [-0.3, -0.25) is 0 Å². The van der Waals surface area contributed by atoms with Crippen LogP contribution >= 0.6 is 0 Å². The summed E-state index contributed by atoms with van der Waals surface area (Å²) in [5, 5.41) is 0. The first-order valence-electron chi connectivity index (χ1n) is 5.23. The van der Waals surface area contributed by atoms with Crippen LogP contribution in [0.1, 0.15) is 13.3 Å². The first-order valence-corrected chi connectivity index (χ1v) is 5.23. The molecule has 1 aliphatic carbocycles. The van der Waals surface area contributed by atoms with Crippen LogP contribution in [0.2, 0.25) is 0 Å². The fourth-order valence-corrected chi connectivity index (χ4v) is 1.87. The van der Waals surface area contributed by atoms with Crippen LogP contribution in [-0.4, -0.2) is 13.6 Å². The van der Waals surface area contributed by atoms with E-state index in [9.17, 15) is 0 Å². The predicted octanol–water partition coefficient (Wildman–Crippen LogP) is 2.36. The summed E-state index contributed by atoms with van der Waals surface area (Å²) in [6.45, 7) is 3.47. The van der Waals surface area contributed by atoms with E-state index in [1.807, 2.05) is 18.2 Å². The SMILES string of the molecule is CC1CC1CN(C)c1cccc(N)c1. The third kappa shape index (κ3) is 2.00. The molecule has 2 nitrogen and oxygen atoms in total. The number of rotatable bonds is 3. The van der Waals surface area contributed by atoms with Gasteiger partial charge in [0.15, 0.2) is 0 Å². The second-order valence-corrected chi connectivity index (χ2v) is 4.45. The van der Waals surface area contributed by atoms with Gasteiger partial charge in [-0.1, -0.05) is 13.0 Å². The van der Waals surface area contributed by atoms with E-state index in [2.05, 4.69) is 24.9 Å². The Kier molecular flexibility index (Phi) is 2.36. The average molecular weight is 190 g/mol. The number of nitrogens with two attached hydrogens (primary N) is 1. The van der Waals surface area contributed by atoms with E-state index >= 15 is 0 Å². The van der Waals surface area contributed by atoms with Crippen LogP contribution in [0.3, 0.4) is 0 Å². The molecule has 1 aliphatic rings. The molecule has 2 N–H and O–H groups in total. The summed E-state index contributed by atoms with van der Waals surface area (Å²) in [5.74, 6) is 1.81. The first-order chi connectivity index (χ1) is 6.66. The fourth-order valence-electron chi connectivity index (χ4n) is 1.87. The summed E-state index contributed by atoms with van der Waals surface area (Å²) >= 11 is 0. The molecule has 0 bridgehead atoms. The minimum absolute atomic E-state index is 0.846. The summed E-state index contributed by atoms with van der Waals surface area (Å²) in [6.07, 6.45) is 1.38. The highest BCUT2D eigenvalue weighted by molar-refractivity contribution is 5.55. The van der Waals surface area contributed by atoms with Crippen molar-refractivity contribution >= 4 is 11.4 Å². The third-order valence-electron chi connectivity index (χ3n) is 3.10. The van der Waals surface area contributed by atoms with Gasteiger partial charge in [-0.05, 0) is 36.5 Å². The average Bonchev–Trinajstić information content (AvgIpc) is 2.81. The van der Waals surface area contributed by atoms with Crippen molar-refractivity contribution in [1.29, 1.82) is 0 Å². The van der Waals surface area contributed by atoms with E-state index < -0.39 is 0 Å². The zero-order valence-electron chi connectivity index (χ0n) is 8.90. The summed E-state index contributed by atoms with van der Waals surface area (Å²) in [7, 11) is 2.14. The molecule has 2 atom stereocenters. The Hall–Kier alpha value is -1.18. The van der Waals surface area contributed by atoms with Crippen molar-refractivity contribution in [1.82, 2.24) is 0 Å². The van der Waals surface area contributed by atoms with Crippen molar-refractivity contribution in [3.05, 3.63) is 24.3 Å². The maximum absolute atomic E-state index is 5.74. The van der Waals surface area contributed by atoms with Crippen molar-refractivity contribution in [2.24, 2.45) is 11.8 Å². The molecule has 76 valence electrons. The van der Waals surface area contributed by atoms with Crippen LogP contribution in [0.25, 0.3) is 0 Å². The van der Waals surface area contributed by atoms with E-state index in [0.29, 0.717) is 0 Å². The molecular weight excluding hydrogens is 172 g/mol. The van der Waals surface area contributed by atoms with Gasteiger partial charge >= 0.3 is 0 Å². The van der Waals surface area contributed by atoms with Crippen LogP contribution < -0.4 is 10.6 Å². The highest BCUT2D eigenvalue weighted by Crippen LogP contribution is 2.38. The third-order valence-corrected chi connectivity index (χ3v) is 3.10. The molecule has 0 saturated heterocycles. The quantitative estimate of drug-likeness (QED) is 0.741. The maximum Gasteiger partial charge on any atom is 0.0384 e. The van der Waals surface area contributed by atoms with Gasteiger partial charge in [0, 0.05) is 25.0 Å². The molecule has 2 heteroatoms. The molecule has 0 amide bonds. The molecule has 0 aromatic heterocycles. The molecule has 1 aromatic rings. The number of hydrogen-bond acceptors (Lipinski definition) is 2. The lowest BCUT2D eigenvalue weighted by atomic mass is 10.2. The number of nitrogens with zero attached hydrogens (tertiary/aromatic N) is 1. The van der Waals surface area contributed by atoms with Crippen LogP contribution in [0.5, 0.6) is 0 Å². The zero-order valence-corrected chi connectivity index (χ0v) is 8.90. The molecule has 0 spiro atoms. The molecule has 0 radical (unpaired) electrons. The van der Waals surface area contributed by atoms with Gasteiger partial charge in [0.05, 0.1) is 0 Å². The van der Waals surface area contributed by atoms with Crippen LogP contribution in [-0.2, 0) is 0 Å². The molecule has 1 fully saturated rings. The maximum atomic E-state index is 5.74. The number of anilines is 2. The largest absolute Gasteiger partial charge is 0.399 e. The molecule has 1 aromatic carbocycles. The molecule has 14 heavy (non-hydrogen) atoms. The second kappa shape index (κ2) is 3.52. The molecule has 2 unspecified atom stereocenters. The summed E-state index contributed by atoms with van der Waals surface area (Å²) in [6, 6.07) is 8.09. The minimum Gasteiger partial charge on any atom is -0.399 e. The summed E-state index contributed by atoms with van der Waals surface area (Å²) in [4.78, 5) is 2.30. The summed E-state index contributed by atoms with van der Waals surface area (Å²) in [5.41, 5.74) is 7.82. The van der Waals surface area contributed by atoms with E-state index in [-0.39, 0.29) is 0 Å². The van der Waals surface area contributed by atoms with Gasteiger partial charge in [0.25, 0.3) is 0 Å². The van der Waals surface area contributed by atoms with E-state index in [1.54, 1.807) is 0 Å². The first kappa shape index (κ1) is 9.38. The Labute approximate surface area is 85.7 Å². The highest BCUT2D eigenvalue weighted by atomic mass is 15.1. The molecule has 0 heterocycles. The van der Waals surface area contributed by atoms with Gasteiger partial charge in [-0.25, -0.2) is 0 Å². The van der Waals surface area contributed by atoms with Crippen molar-refractivity contribution < 1.29 is 0 Å². The van der Waals surface area contributed by atoms with Gasteiger partial charge < -0.3 is 10.6 Å². The fraction of sp³-hybridized carbons (Fsp3) is 0.500. The van der Waals surface area contributed by atoms with Gasteiger partial charge in [-0.2, -0.15) is 0 Å². The molecular formula is C12H18N2. The zero-order chi connectivity index (χ0) is 10.1. The minimum atomic E-state index is 0.846. The standard InChI is InChI=1S/C12H18N2/c1-9-6-10(9)8-14(2)12-5-3-4-11(13)7-12/h3-5,7,9-10H,6,8,13H2,1-2H3. The van der Waals surface area contributed by atoms with Gasteiger partial charge in [0.1, 0.15) is 0 Å². The van der Waals surface area contributed by atoms with Crippen LogP contribution in [0, 0.1) is 11.8 Å². The Morgan fingerprint density at radius 2 is 2.21 bits per heavy atom. The smallest absolute Gasteiger partial charge is 0.0384 e. The Morgan fingerprint density at radius 1 is 1.50 bits per heavy atom. The Balaban J connectivity index is 2.00. The van der Waals surface area contributed by atoms with E-state index in [0.717, 1.165) is 24.1 Å². The number of hydrogen-bond donors (Lipinski definition) is 1. The Morgan fingerprint density at radius 3 is 2.79 bits per heavy atom. The second-order valence-electron chi connectivity index (χ2n) is 4.45. The normalized spacial score (nSPS) is 24.7. The topological polar surface area (TPSA) is 29.3 Å². The van der Waals surface area contributed by atoms with Gasteiger partial charge in [0.2, 0.25) is 0 Å². The summed E-state index contributed by atoms with van der Waals surface area (Å²) < 4.78 is 0. The molecule has 0 aliphatic heterocycles.